The van der Waals surface area contributed by atoms with Gasteiger partial charge in [-0.05, 0) is 30.0 Å². The largest absolute Gasteiger partial charge is 0.324 e. The Balaban J connectivity index is 2.11. The third-order valence-electron chi connectivity index (χ3n) is 3.56. The van der Waals surface area contributed by atoms with Crippen LogP contribution in [-0.2, 0) is 13.5 Å². The standard InChI is InChI=1S/C16H23N3/c1-11(2)13-5-7-14(8-6-13)16(17)10-15-9-12(3)18-19(15)4/h5-9,11,16H,10,17H2,1-4H3. The molecule has 2 aromatic rings. The Bertz CT molecular complexity index is 538. The lowest BCUT2D eigenvalue weighted by Gasteiger charge is -2.13. The Hall–Kier alpha value is -1.61. The molecule has 0 saturated carbocycles. The number of hydrogen-bond donors (Lipinski definition) is 1. The van der Waals surface area contributed by atoms with E-state index in [1.807, 2.05) is 18.7 Å². The average Bonchev–Trinajstić information content (AvgIpc) is 2.68. The maximum absolute atomic E-state index is 6.29. The zero-order chi connectivity index (χ0) is 14.0. The van der Waals surface area contributed by atoms with Crippen LogP contribution in [0.4, 0.5) is 0 Å². The van der Waals surface area contributed by atoms with Crippen molar-refractivity contribution < 1.29 is 0 Å². The van der Waals surface area contributed by atoms with Crippen LogP contribution in [0.2, 0.25) is 0 Å². The van der Waals surface area contributed by atoms with Crippen LogP contribution in [-0.4, -0.2) is 9.78 Å². The fourth-order valence-electron chi connectivity index (χ4n) is 2.33. The van der Waals surface area contributed by atoms with Crippen molar-refractivity contribution in [3.63, 3.8) is 0 Å². The van der Waals surface area contributed by atoms with Crippen LogP contribution in [0.3, 0.4) is 0 Å². The number of aromatic nitrogens is 2. The highest BCUT2D eigenvalue weighted by molar-refractivity contribution is 5.27. The topological polar surface area (TPSA) is 43.8 Å². The van der Waals surface area contributed by atoms with E-state index in [2.05, 4.69) is 49.3 Å². The summed E-state index contributed by atoms with van der Waals surface area (Å²) in [7, 11) is 1.97. The van der Waals surface area contributed by atoms with Gasteiger partial charge in [-0.3, -0.25) is 4.68 Å². The molecule has 19 heavy (non-hydrogen) atoms. The lowest BCUT2D eigenvalue weighted by atomic mass is 9.97. The van der Waals surface area contributed by atoms with Crippen molar-refractivity contribution in [3.8, 4) is 0 Å². The van der Waals surface area contributed by atoms with E-state index in [-0.39, 0.29) is 6.04 Å². The molecule has 102 valence electrons. The predicted octanol–water partition coefficient (Wildman–Crippen LogP) is 3.09. The first-order chi connectivity index (χ1) is 8.97. The van der Waals surface area contributed by atoms with Crippen molar-refractivity contribution >= 4 is 0 Å². The first-order valence-corrected chi connectivity index (χ1v) is 6.82. The van der Waals surface area contributed by atoms with E-state index in [9.17, 15) is 0 Å². The van der Waals surface area contributed by atoms with E-state index >= 15 is 0 Å². The highest BCUT2D eigenvalue weighted by atomic mass is 15.3. The van der Waals surface area contributed by atoms with Crippen molar-refractivity contribution in [2.45, 2.75) is 39.2 Å². The van der Waals surface area contributed by atoms with E-state index in [0.29, 0.717) is 5.92 Å². The molecule has 1 unspecified atom stereocenters. The SMILES string of the molecule is Cc1cc(CC(N)c2ccc(C(C)C)cc2)n(C)n1. The van der Waals surface area contributed by atoms with Gasteiger partial charge in [-0.1, -0.05) is 38.1 Å². The van der Waals surface area contributed by atoms with E-state index in [4.69, 9.17) is 5.73 Å². The molecule has 0 radical (unpaired) electrons. The van der Waals surface area contributed by atoms with Gasteiger partial charge in [-0.25, -0.2) is 0 Å². The van der Waals surface area contributed by atoms with Gasteiger partial charge in [0.15, 0.2) is 0 Å². The molecule has 0 spiro atoms. The maximum atomic E-state index is 6.29. The summed E-state index contributed by atoms with van der Waals surface area (Å²) in [5, 5.41) is 4.36. The van der Waals surface area contributed by atoms with Gasteiger partial charge in [0.05, 0.1) is 5.69 Å². The normalized spacial score (nSPS) is 12.9. The number of nitrogens with zero attached hydrogens (tertiary/aromatic N) is 2. The maximum Gasteiger partial charge on any atom is 0.0596 e. The van der Waals surface area contributed by atoms with Crippen molar-refractivity contribution in [2.75, 3.05) is 0 Å². The average molecular weight is 257 g/mol. The zero-order valence-corrected chi connectivity index (χ0v) is 12.2. The first-order valence-electron chi connectivity index (χ1n) is 6.82. The number of rotatable bonds is 4. The minimum absolute atomic E-state index is 0.0241. The van der Waals surface area contributed by atoms with Crippen LogP contribution in [0.25, 0.3) is 0 Å². The van der Waals surface area contributed by atoms with Crippen molar-refractivity contribution in [1.29, 1.82) is 0 Å². The number of hydrogen-bond acceptors (Lipinski definition) is 2. The van der Waals surface area contributed by atoms with Gasteiger partial charge in [-0.15, -0.1) is 0 Å². The Morgan fingerprint density at radius 3 is 2.21 bits per heavy atom. The van der Waals surface area contributed by atoms with Crippen LogP contribution in [0.5, 0.6) is 0 Å². The molecule has 1 aromatic carbocycles. The predicted molar refractivity (Wildman–Crippen MR) is 79.1 cm³/mol. The lowest BCUT2D eigenvalue weighted by molar-refractivity contribution is 0.639. The third-order valence-corrected chi connectivity index (χ3v) is 3.56. The van der Waals surface area contributed by atoms with Crippen molar-refractivity contribution in [2.24, 2.45) is 12.8 Å². The van der Waals surface area contributed by atoms with Gasteiger partial charge in [0.1, 0.15) is 0 Å². The van der Waals surface area contributed by atoms with Gasteiger partial charge in [-0.2, -0.15) is 5.10 Å². The van der Waals surface area contributed by atoms with Crippen LogP contribution in [0.1, 0.15) is 48.3 Å². The highest BCUT2D eigenvalue weighted by Crippen LogP contribution is 2.20. The summed E-state index contributed by atoms with van der Waals surface area (Å²) < 4.78 is 1.91. The molecule has 0 aliphatic heterocycles. The van der Waals surface area contributed by atoms with E-state index in [1.165, 1.54) is 16.8 Å². The van der Waals surface area contributed by atoms with Crippen molar-refractivity contribution in [3.05, 3.63) is 52.8 Å². The molecule has 0 bridgehead atoms. The fourth-order valence-corrected chi connectivity index (χ4v) is 2.33. The minimum Gasteiger partial charge on any atom is -0.324 e. The second kappa shape index (κ2) is 5.57. The quantitative estimate of drug-likeness (QED) is 0.914. The minimum atomic E-state index is 0.0241. The van der Waals surface area contributed by atoms with Crippen LogP contribution >= 0.6 is 0 Å². The van der Waals surface area contributed by atoms with Gasteiger partial charge >= 0.3 is 0 Å². The lowest BCUT2D eigenvalue weighted by Crippen LogP contribution is -2.15. The van der Waals surface area contributed by atoms with Gasteiger partial charge in [0.25, 0.3) is 0 Å². The monoisotopic (exact) mass is 257 g/mol. The molecule has 0 aliphatic carbocycles. The first kappa shape index (κ1) is 13.8. The molecule has 0 fully saturated rings. The summed E-state index contributed by atoms with van der Waals surface area (Å²) in [6.07, 6.45) is 0.818. The molecule has 0 saturated heterocycles. The molecule has 1 heterocycles. The summed E-state index contributed by atoms with van der Waals surface area (Å²) in [6.45, 7) is 6.41. The summed E-state index contributed by atoms with van der Waals surface area (Å²) in [5.74, 6) is 0.560. The smallest absolute Gasteiger partial charge is 0.0596 e. The molecule has 0 amide bonds. The second-order valence-corrected chi connectivity index (χ2v) is 5.53. The number of aryl methyl sites for hydroxylation is 2. The number of nitrogens with two attached hydrogens (primary N) is 1. The Labute approximate surface area is 115 Å². The Morgan fingerprint density at radius 2 is 1.74 bits per heavy atom. The molecule has 3 heteroatoms. The molecule has 2 rings (SSSR count). The zero-order valence-electron chi connectivity index (χ0n) is 12.2. The summed E-state index contributed by atoms with van der Waals surface area (Å²) in [4.78, 5) is 0. The molecular formula is C16H23N3. The fraction of sp³-hybridized carbons (Fsp3) is 0.438. The Morgan fingerprint density at radius 1 is 1.16 bits per heavy atom. The van der Waals surface area contributed by atoms with Crippen LogP contribution < -0.4 is 5.73 Å². The third kappa shape index (κ3) is 3.24. The molecular weight excluding hydrogens is 234 g/mol. The summed E-state index contributed by atoms with van der Waals surface area (Å²) in [6, 6.07) is 10.8. The van der Waals surface area contributed by atoms with Gasteiger partial charge in [0, 0.05) is 25.2 Å². The second-order valence-electron chi connectivity index (χ2n) is 5.53. The summed E-state index contributed by atoms with van der Waals surface area (Å²) >= 11 is 0. The molecule has 0 aliphatic rings. The van der Waals surface area contributed by atoms with Crippen molar-refractivity contribution in [1.82, 2.24) is 9.78 Å². The molecule has 2 N–H and O–H groups in total. The molecule has 1 aromatic heterocycles. The molecule has 3 nitrogen and oxygen atoms in total. The Kier molecular flexibility index (Phi) is 4.05. The number of benzene rings is 1. The highest BCUT2D eigenvalue weighted by Gasteiger charge is 2.11. The van der Waals surface area contributed by atoms with Gasteiger partial charge in [0.2, 0.25) is 0 Å². The van der Waals surface area contributed by atoms with Crippen LogP contribution in [0, 0.1) is 6.92 Å². The summed E-state index contributed by atoms with van der Waals surface area (Å²) in [5.41, 5.74) is 11.0. The van der Waals surface area contributed by atoms with E-state index in [1.54, 1.807) is 0 Å². The van der Waals surface area contributed by atoms with Crippen LogP contribution in [0.15, 0.2) is 30.3 Å². The van der Waals surface area contributed by atoms with Gasteiger partial charge < -0.3 is 5.73 Å². The van der Waals surface area contributed by atoms with E-state index in [0.717, 1.165) is 12.1 Å². The van der Waals surface area contributed by atoms with E-state index < -0.39 is 0 Å². The molecule has 1 atom stereocenters.